The lowest BCUT2D eigenvalue weighted by atomic mass is 9.96. The predicted molar refractivity (Wildman–Crippen MR) is 75.4 cm³/mol. The van der Waals surface area contributed by atoms with Crippen molar-refractivity contribution in [3.8, 4) is 0 Å². The highest BCUT2D eigenvalue weighted by molar-refractivity contribution is 5.90. The van der Waals surface area contributed by atoms with Gasteiger partial charge in [0.1, 0.15) is 11.6 Å². The van der Waals surface area contributed by atoms with Gasteiger partial charge in [0.05, 0.1) is 6.10 Å². The largest absolute Gasteiger partial charge is 0.385 e. The zero-order chi connectivity index (χ0) is 15.0. The third-order valence-corrected chi connectivity index (χ3v) is 4.99. The Morgan fingerprint density at radius 2 is 2.14 bits per heavy atom. The van der Waals surface area contributed by atoms with Gasteiger partial charge in [0.25, 0.3) is 0 Å². The Morgan fingerprint density at radius 1 is 1.38 bits per heavy atom. The average molecular weight is 296 g/mol. The van der Waals surface area contributed by atoms with Crippen molar-refractivity contribution in [3.63, 3.8) is 0 Å². The number of likely N-dealkylation sites (tertiary alicyclic amines) is 1. The molecule has 0 bridgehead atoms. The maximum absolute atomic E-state index is 12.4. The zero-order valence-corrected chi connectivity index (χ0v) is 12.5. The first-order valence-electron chi connectivity index (χ1n) is 7.93. The van der Waals surface area contributed by atoms with Crippen LogP contribution < -0.4 is 5.32 Å². The van der Waals surface area contributed by atoms with Gasteiger partial charge in [-0.05, 0) is 32.6 Å². The topological polar surface area (TPSA) is 78.9 Å². The Morgan fingerprint density at radius 3 is 2.76 bits per heavy atom. The summed E-state index contributed by atoms with van der Waals surface area (Å²) in [5, 5.41) is 13.2. The van der Waals surface area contributed by atoms with Crippen molar-refractivity contribution in [2.75, 3.05) is 19.7 Å². The van der Waals surface area contributed by atoms with Crippen LogP contribution in [0.5, 0.6) is 0 Å². The first-order valence-corrected chi connectivity index (χ1v) is 7.93. The molecule has 6 heteroatoms. The predicted octanol–water partition coefficient (Wildman–Crippen LogP) is 0.0435. The van der Waals surface area contributed by atoms with Gasteiger partial charge in [-0.2, -0.15) is 0 Å². The molecule has 3 rings (SSSR count). The zero-order valence-electron chi connectivity index (χ0n) is 12.5. The second-order valence-electron chi connectivity index (χ2n) is 6.55. The SMILES string of the molecule is CC1OCCC1(O)CNC(=O)C1CCCN1C(=O)C1CC1. The molecule has 0 spiro atoms. The molecular formula is C15H24N2O4. The molecule has 2 heterocycles. The molecular weight excluding hydrogens is 272 g/mol. The normalized spacial score (nSPS) is 36.0. The van der Waals surface area contributed by atoms with Gasteiger partial charge in [0, 0.05) is 32.0 Å². The van der Waals surface area contributed by atoms with Crippen molar-refractivity contribution in [2.24, 2.45) is 5.92 Å². The van der Waals surface area contributed by atoms with E-state index in [0.29, 0.717) is 19.6 Å². The number of hydrogen-bond donors (Lipinski definition) is 2. The van der Waals surface area contributed by atoms with Gasteiger partial charge in [0.2, 0.25) is 11.8 Å². The molecule has 0 radical (unpaired) electrons. The number of nitrogens with zero attached hydrogens (tertiary/aromatic N) is 1. The lowest BCUT2D eigenvalue weighted by Crippen LogP contribution is -2.52. The highest BCUT2D eigenvalue weighted by atomic mass is 16.5. The second-order valence-corrected chi connectivity index (χ2v) is 6.55. The van der Waals surface area contributed by atoms with Crippen LogP contribution >= 0.6 is 0 Å². The van der Waals surface area contributed by atoms with Crippen molar-refractivity contribution in [1.82, 2.24) is 10.2 Å². The molecule has 0 aromatic heterocycles. The number of hydrogen-bond acceptors (Lipinski definition) is 4. The molecule has 21 heavy (non-hydrogen) atoms. The van der Waals surface area contributed by atoms with Crippen molar-refractivity contribution in [2.45, 2.75) is 56.8 Å². The van der Waals surface area contributed by atoms with Gasteiger partial charge < -0.3 is 20.1 Å². The lowest BCUT2D eigenvalue weighted by molar-refractivity contribution is -0.140. The van der Waals surface area contributed by atoms with E-state index in [4.69, 9.17) is 4.74 Å². The van der Waals surface area contributed by atoms with Crippen LogP contribution in [0.15, 0.2) is 0 Å². The summed E-state index contributed by atoms with van der Waals surface area (Å²) in [5.41, 5.74) is -0.987. The summed E-state index contributed by atoms with van der Waals surface area (Å²) in [6.45, 7) is 3.20. The molecule has 1 saturated carbocycles. The van der Waals surface area contributed by atoms with Crippen LogP contribution in [0.4, 0.5) is 0 Å². The Bertz CT molecular complexity index is 437. The van der Waals surface area contributed by atoms with Crippen LogP contribution in [0.1, 0.15) is 39.0 Å². The molecule has 1 aliphatic carbocycles. The van der Waals surface area contributed by atoms with E-state index in [0.717, 1.165) is 25.7 Å². The van der Waals surface area contributed by atoms with Gasteiger partial charge in [-0.3, -0.25) is 9.59 Å². The second kappa shape index (κ2) is 5.57. The lowest BCUT2D eigenvalue weighted by Gasteiger charge is -2.29. The molecule has 3 unspecified atom stereocenters. The average Bonchev–Trinajstić information content (AvgIpc) is 3.11. The number of amides is 2. The van der Waals surface area contributed by atoms with E-state index in [1.165, 1.54) is 0 Å². The standard InChI is InChI=1S/C15H24N2O4/c1-10-15(20,6-8-21-10)9-16-13(18)12-3-2-7-17(12)14(19)11-4-5-11/h10-12,20H,2-9H2,1H3,(H,16,18). The van der Waals surface area contributed by atoms with E-state index < -0.39 is 5.60 Å². The highest BCUT2D eigenvalue weighted by Crippen LogP contribution is 2.33. The molecule has 0 aromatic rings. The van der Waals surface area contributed by atoms with Crippen LogP contribution in [0, 0.1) is 5.92 Å². The van der Waals surface area contributed by atoms with Crippen molar-refractivity contribution < 1.29 is 19.4 Å². The quantitative estimate of drug-likeness (QED) is 0.768. The Balaban J connectivity index is 1.55. The van der Waals surface area contributed by atoms with Crippen LogP contribution in [0.2, 0.25) is 0 Å². The third-order valence-electron chi connectivity index (χ3n) is 4.99. The summed E-state index contributed by atoms with van der Waals surface area (Å²) >= 11 is 0. The first kappa shape index (κ1) is 14.8. The fourth-order valence-electron chi connectivity index (χ4n) is 3.23. The van der Waals surface area contributed by atoms with Gasteiger partial charge in [-0.25, -0.2) is 0 Å². The number of aliphatic hydroxyl groups is 1. The van der Waals surface area contributed by atoms with E-state index in [1.807, 2.05) is 6.92 Å². The highest BCUT2D eigenvalue weighted by Gasteiger charge is 2.43. The fourth-order valence-corrected chi connectivity index (χ4v) is 3.23. The van der Waals surface area contributed by atoms with Crippen LogP contribution in [0.25, 0.3) is 0 Å². The van der Waals surface area contributed by atoms with Gasteiger partial charge in [-0.15, -0.1) is 0 Å². The third kappa shape index (κ3) is 2.92. The Hall–Kier alpha value is -1.14. The first-order chi connectivity index (χ1) is 10.0. The summed E-state index contributed by atoms with van der Waals surface area (Å²) < 4.78 is 5.36. The molecule has 2 amide bonds. The molecule has 3 fully saturated rings. The molecule has 6 nitrogen and oxygen atoms in total. The maximum atomic E-state index is 12.4. The summed E-state index contributed by atoms with van der Waals surface area (Å²) in [7, 11) is 0. The fraction of sp³-hybridized carbons (Fsp3) is 0.867. The molecule has 118 valence electrons. The maximum Gasteiger partial charge on any atom is 0.242 e. The van der Waals surface area contributed by atoms with Crippen molar-refractivity contribution in [1.29, 1.82) is 0 Å². The number of ether oxygens (including phenoxy) is 1. The summed E-state index contributed by atoms with van der Waals surface area (Å²) in [6, 6.07) is -0.362. The van der Waals surface area contributed by atoms with E-state index in [9.17, 15) is 14.7 Å². The van der Waals surface area contributed by atoms with Crippen LogP contribution in [-0.2, 0) is 14.3 Å². The number of carbonyl (C=O) groups excluding carboxylic acids is 2. The van der Waals surface area contributed by atoms with Crippen molar-refractivity contribution in [3.05, 3.63) is 0 Å². The number of carbonyl (C=O) groups is 2. The van der Waals surface area contributed by atoms with Crippen LogP contribution in [-0.4, -0.2) is 59.3 Å². The molecule has 3 atom stereocenters. The molecule has 3 aliphatic rings. The minimum atomic E-state index is -0.987. The summed E-state index contributed by atoms with van der Waals surface area (Å²) in [6.07, 6.45) is 3.76. The molecule has 2 saturated heterocycles. The van der Waals surface area contributed by atoms with E-state index in [-0.39, 0.29) is 36.4 Å². The minimum Gasteiger partial charge on any atom is -0.385 e. The van der Waals surface area contributed by atoms with Gasteiger partial charge >= 0.3 is 0 Å². The van der Waals surface area contributed by atoms with Gasteiger partial charge in [0.15, 0.2) is 0 Å². The van der Waals surface area contributed by atoms with E-state index in [2.05, 4.69) is 5.32 Å². The monoisotopic (exact) mass is 296 g/mol. The van der Waals surface area contributed by atoms with E-state index >= 15 is 0 Å². The molecule has 2 N–H and O–H groups in total. The van der Waals surface area contributed by atoms with E-state index in [1.54, 1.807) is 4.90 Å². The van der Waals surface area contributed by atoms with Crippen molar-refractivity contribution >= 4 is 11.8 Å². The minimum absolute atomic E-state index is 0.129. The molecule has 2 aliphatic heterocycles. The smallest absolute Gasteiger partial charge is 0.242 e. The Labute approximate surface area is 124 Å². The Kier molecular flexibility index (Phi) is 3.92. The van der Waals surface area contributed by atoms with Crippen LogP contribution in [0.3, 0.4) is 0 Å². The summed E-state index contributed by atoms with van der Waals surface area (Å²) in [4.78, 5) is 26.3. The number of nitrogens with one attached hydrogen (secondary N) is 1. The van der Waals surface area contributed by atoms with Gasteiger partial charge in [-0.1, -0.05) is 0 Å². The summed E-state index contributed by atoms with van der Waals surface area (Å²) in [5.74, 6) is 0.129. The molecule has 0 aromatic carbocycles. The number of rotatable bonds is 4.